The van der Waals surface area contributed by atoms with Gasteiger partial charge in [0, 0.05) is 18.0 Å². The number of benzene rings is 1. The highest BCUT2D eigenvalue weighted by Gasteiger charge is 2.10. The Kier molecular flexibility index (Phi) is 3.88. The van der Waals surface area contributed by atoms with E-state index in [0.717, 1.165) is 11.1 Å². The van der Waals surface area contributed by atoms with E-state index < -0.39 is 5.82 Å². The van der Waals surface area contributed by atoms with Crippen LogP contribution >= 0.6 is 0 Å². The van der Waals surface area contributed by atoms with Gasteiger partial charge in [-0.25, -0.2) is 24.0 Å². The van der Waals surface area contributed by atoms with Crippen LogP contribution < -0.4 is 5.32 Å². The van der Waals surface area contributed by atoms with Crippen molar-refractivity contribution in [3.05, 3.63) is 79.4 Å². The van der Waals surface area contributed by atoms with E-state index in [1.54, 1.807) is 18.6 Å². The normalized spacial score (nSPS) is 10.6. The number of aromatic nitrogens is 5. The third-order valence-corrected chi connectivity index (χ3v) is 3.60. The third kappa shape index (κ3) is 3.07. The number of rotatable bonds is 4. The number of halogens is 1. The Hall–Kier alpha value is -3.61. The van der Waals surface area contributed by atoms with Gasteiger partial charge in [-0.1, -0.05) is 30.3 Å². The van der Waals surface area contributed by atoms with E-state index in [0.29, 0.717) is 11.5 Å². The minimum absolute atomic E-state index is 0.140. The van der Waals surface area contributed by atoms with Crippen molar-refractivity contribution < 1.29 is 4.39 Å². The maximum Gasteiger partial charge on any atom is 0.189 e. The van der Waals surface area contributed by atoms with Gasteiger partial charge in [0.1, 0.15) is 12.1 Å². The first-order valence-electron chi connectivity index (χ1n) is 7.59. The summed E-state index contributed by atoms with van der Waals surface area (Å²) >= 11 is 0. The van der Waals surface area contributed by atoms with Crippen molar-refractivity contribution in [3.8, 4) is 16.9 Å². The van der Waals surface area contributed by atoms with Gasteiger partial charge in [-0.2, -0.15) is 5.10 Å². The summed E-state index contributed by atoms with van der Waals surface area (Å²) in [6.45, 7) is 0. The van der Waals surface area contributed by atoms with Gasteiger partial charge in [0.2, 0.25) is 0 Å². The van der Waals surface area contributed by atoms with Crippen LogP contribution in [-0.2, 0) is 0 Å². The van der Waals surface area contributed by atoms with Crippen molar-refractivity contribution in [1.29, 1.82) is 0 Å². The van der Waals surface area contributed by atoms with Crippen LogP contribution in [-0.4, -0.2) is 24.7 Å². The summed E-state index contributed by atoms with van der Waals surface area (Å²) < 4.78 is 15.2. The standard InChI is InChI=1S/C18H13FN6/c19-16-7-4-8-21-18(16)25-11-14(9-23-25)24-17-15(10-20-12-22-17)13-5-2-1-3-6-13/h1-12H,(H,20,22,24). The second kappa shape index (κ2) is 6.48. The van der Waals surface area contributed by atoms with Crippen molar-refractivity contribution in [2.24, 2.45) is 0 Å². The van der Waals surface area contributed by atoms with Crippen LogP contribution in [0.2, 0.25) is 0 Å². The first kappa shape index (κ1) is 14.9. The van der Waals surface area contributed by atoms with Crippen LogP contribution in [0.5, 0.6) is 0 Å². The number of hydrogen-bond donors (Lipinski definition) is 1. The predicted molar refractivity (Wildman–Crippen MR) is 92.1 cm³/mol. The molecular formula is C18H13FN6. The van der Waals surface area contributed by atoms with E-state index in [4.69, 9.17) is 0 Å². The number of anilines is 2. The van der Waals surface area contributed by atoms with Crippen molar-refractivity contribution in [3.63, 3.8) is 0 Å². The molecule has 122 valence electrons. The van der Waals surface area contributed by atoms with Gasteiger partial charge in [-0.3, -0.25) is 0 Å². The molecule has 4 aromatic rings. The highest BCUT2D eigenvalue weighted by atomic mass is 19.1. The zero-order chi connectivity index (χ0) is 17.1. The second-order valence-electron chi connectivity index (χ2n) is 5.26. The fourth-order valence-electron chi connectivity index (χ4n) is 2.44. The lowest BCUT2D eigenvalue weighted by molar-refractivity contribution is 0.600. The maximum absolute atomic E-state index is 13.8. The molecule has 3 aromatic heterocycles. The molecule has 0 amide bonds. The third-order valence-electron chi connectivity index (χ3n) is 3.60. The molecule has 7 heteroatoms. The Bertz CT molecular complexity index is 999. The molecule has 0 atom stereocenters. The highest BCUT2D eigenvalue weighted by Crippen LogP contribution is 2.27. The molecule has 4 rings (SSSR count). The number of nitrogens with zero attached hydrogens (tertiary/aromatic N) is 5. The summed E-state index contributed by atoms with van der Waals surface area (Å²) in [5, 5.41) is 7.35. The van der Waals surface area contributed by atoms with Crippen LogP contribution in [0.15, 0.2) is 73.6 Å². The molecule has 1 N–H and O–H groups in total. The van der Waals surface area contributed by atoms with E-state index in [2.05, 4.69) is 25.4 Å². The fourth-order valence-corrected chi connectivity index (χ4v) is 2.44. The number of nitrogens with one attached hydrogen (secondary N) is 1. The minimum atomic E-state index is -0.441. The van der Waals surface area contributed by atoms with Crippen LogP contribution in [0, 0.1) is 5.82 Å². The average Bonchev–Trinajstić information content (AvgIpc) is 3.11. The van der Waals surface area contributed by atoms with Crippen molar-refractivity contribution in [2.45, 2.75) is 0 Å². The van der Waals surface area contributed by atoms with Gasteiger partial charge in [0.25, 0.3) is 0 Å². The van der Waals surface area contributed by atoms with E-state index >= 15 is 0 Å². The van der Waals surface area contributed by atoms with Crippen molar-refractivity contribution >= 4 is 11.5 Å². The van der Waals surface area contributed by atoms with E-state index in [1.807, 2.05) is 30.3 Å². The van der Waals surface area contributed by atoms with E-state index in [1.165, 1.54) is 29.3 Å². The number of hydrogen-bond acceptors (Lipinski definition) is 5. The molecule has 0 spiro atoms. The summed E-state index contributed by atoms with van der Waals surface area (Å²) in [6.07, 6.45) is 7.98. The molecular weight excluding hydrogens is 319 g/mol. The highest BCUT2D eigenvalue weighted by molar-refractivity contribution is 5.77. The Morgan fingerprint density at radius 3 is 2.68 bits per heavy atom. The molecule has 0 bridgehead atoms. The lowest BCUT2D eigenvalue weighted by Crippen LogP contribution is -2.01. The molecule has 0 saturated heterocycles. The van der Waals surface area contributed by atoms with Crippen LogP contribution in [0.4, 0.5) is 15.9 Å². The van der Waals surface area contributed by atoms with Gasteiger partial charge in [0.05, 0.1) is 18.1 Å². The number of pyridine rings is 1. The first-order chi connectivity index (χ1) is 12.3. The van der Waals surface area contributed by atoms with E-state index in [9.17, 15) is 4.39 Å². The molecule has 25 heavy (non-hydrogen) atoms. The smallest absolute Gasteiger partial charge is 0.189 e. The molecule has 1 aromatic carbocycles. The Balaban J connectivity index is 1.65. The summed E-state index contributed by atoms with van der Waals surface area (Å²) in [5.41, 5.74) is 2.52. The summed E-state index contributed by atoms with van der Waals surface area (Å²) in [5.74, 6) is 0.341. The fraction of sp³-hybridized carbons (Fsp3) is 0. The van der Waals surface area contributed by atoms with Crippen molar-refractivity contribution in [2.75, 3.05) is 5.32 Å². The van der Waals surface area contributed by atoms with Crippen molar-refractivity contribution in [1.82, 2.24) is 24.7 Å². The molecule has 0 aliphatic rings. The summed E-state index contributed by atoms with van der Waals surface area (Å²) in [4.78, 5) is 12.4. The zero-order valence-electron chi connectivity index (χ0n) is 13.0. The average molecular weight is 332 g/mol. The van der Waals surface area contributed by atoms with Gasteiger partial charge in [-0.15, -0.1) is 0 Å². The molecule has 6 nitrogen and oxygen atoms in total. The summed E-state index contributed by atoms with van der Waals surface area (Å²) in [6, 6.07) is 12.7. The minimum Gasteiger partial charge on any atom is -0.337 e. The largest absolute Gasteiger partial charge is 0.337 e. The Morgan fingerprint density at radius 2 is 1.84 bits per heavy atom. The molecule has 3 heterocycles. The quantitative estimate of drug-likeness (QED) is 0.618. The zero-order valence-corrected chi connectivity index (χ0v) is 13.0. The van der Waals surface area contributed by atoms with Gasteiger partial charge < -0.3 is 5.32 Å². The SMILES string of the molecule is Fc1cccnc1-n1cc(Nc2ncncc2-c2ccccc2)cn1. The lowest BCUT2D eigenvalue weighted by Gasteiger charge is -2.08. The molecule has 0 unspecified atom stereocenters. The predicted octanol–water partition coefficient (Wildman–Crippen LogP) is 3.61. The molecule has 0 fully saturated rings. The second-order valence-corrected chi connectivity index (χ2v) is 5.26. The van der Waals surface area contributed by atoms with E-state index in [-0.39, 0.29) is 5.82 Å². The Labute approximate surface area is 143 Å². The lowest BCUT2D eigenvalue weighted by atomic mass is 10.1. The Morgan fingerprint density at radius 1 is 0.960 bits per heavy atom. The topological polar surface area (TPSA) is 68.5 Å². The van der Waals surface area contributed by atoms with Crippen LogP contribution in [0.25, 0.3) is 16.9 Å². The maximum atomic E-state index is 13.8. The summed E-state index contributed by atoms with van der Waals surface area (Å²) in [7, 11) is 0. The van der Waals surface area contributed by atoms with Crippen LogP contribution in [0.1, 0.15) is 0 Å². The molecule has 0 aliphatic heterocycles. The van der Waals surface area contributed by atoms with Gasteiger partial charge in [0.15, 0.2) is 11.6 Å². The first-order valence-corrected chi connectivity index (χ1v) is 7.59. The molecule has 0 saturated carbocycles. The molecule has 0 aliphatic carbocycles. The van der Waals surface area contributed by atoms with Gasteiger partial charge in [-0.05, 0) is 17.7 Å². The van der Waals surface area contributed by atoms with Gasteiger partial charge >= 0.3 is 0 Å². The monoisotopic (exact) mass is 332 g/mol. The van der Waals surface area contributed by atoms with Crippen LogP contribution in [0.3, 0.4) is 0 Å². The molecule has 0 radical (unpaired) electrons.